The Balaban J connectivity index is 1.25. The van der Waals surface area contributed by atoms with Crippen LogP contribution in [0.3, 0.4) is 0 Å². The monoisotopic (exact) mass is 438 g/mol. The van der Waals surface area contributed by atoms with Crippen molar-refractivity contribution in [1.82, 2.24) is 0 Å². The third-order valence-corrected chi connectivity index (χ3v) is 9.59. The average molecular weight is 439 g/mol. The van der Waals surface area contributed by atoms with Gasteiger partial charge in [-0.1, -0.05) is 63.7 Å². The molecule has 0 bridgehead atoms. The van der Waals surface area contributed by atoms with Crippen molar-refractivity contribution in [2.75, 3.05) is 0 Å². The Morgan fingerprint density at radius 2 is 1.56 bits per heavy atom. The minimum Gasteiger partial charge on any atom is -0.207 e. The summed E-state index contributed by atoms with van der Waals surface area (Å²) in [5.74, 6) is 5.48. The second-order valence-corrected chi connectivity index (χ2v) is 11.6. The molecule has 0 saturated heterocycles. The molecule has 0 N–H and O–H groups in total. The molecular weight excluding hydrogens is 391 g/mol. The summed E-state index contributed by atoms with van der Waals surface area (Å²) in [6, 6.07) is 6.11. The van der Waals surface area contributed by atoms with Crippen molar-refractivity contribution in [2.24, 2.45) is 29.6 Å². The second-order valence-electron chi connectivity index (χ2n) is 11.6. The molecule has 4 rings (SSSR count). The van der Waals surface area contributed by atoms with Gasteiger partial charge in [0.2, 0.25) is 0 Å². The number of halogens is 1. The van der Waals surface area contributed by atoms with Crippen LogP contribution < -0.4 is 0 Å². The van der Waals surface area contributed by atoms with E-state index in [-0.39, 0.29) is 5.82 Å². The summed E-state index contributed by atoms with van der Waals surface area (Å²) in [6.45, 7) is 6.08. The quantitative estimate of drug-likeness (QED) is 0.266. The molecule has 3 saturated carbocycles. The first-order valence-electron chi connectivity index (χ1n) is 14.1. The van der Waals surface area contributed by atoms with Crippen molar-refractivity contribution >= 4 is 0 Å². The highest BCUT2D eigenvalue weighted by Gasteiger charge is 2.39. The molecule has 1 aromatic carbocycles. The highest BCUT2D eigenvalue weighted by Crippen LogP contribution is 2.51. The topological polar surface area (TPSA) is 0 Å². The van der Waals surface area contributed by atoms with Crippen molar-refractivity contribution < 1.29 is 4.39 Å². The van der Waals surface area contributed by atoms with E-state index in [1.165, 1.54) is 95.5 Å². The Labute approximate surface area is 197 Å². The van der Waals surface area contributed by atoms with Gasteiger partial charge in [-0.25, -0.2) is 4.39 Å². The first kappa shape index (κ1) is 24.0. The summed E-state index contributed by atoms with van der Waals surface area (Å²) in [5, 5.41) is 0. The average Bonchev–Trinajstić information content (AvgIpc) is 2.83. The highest BCUT2D eigenvalue weighted by molar-refractivity contribution is 5.28. The Morgan fingerprint density at radius 3 is 2.28 bits per heavy atom. The van der Waals surface area contributed by atoms with Gasteiger partial charge in [0.05, 0.1) is 0 Å². The maximum Gasteiger partial charge on any atom is 0.126 e. The zero-order chi connectivity index (χ0) is 22.3. The van der Waals surface area contributed by atoms with E-state index in [0.717, 1.165) is 48.0 Å². The fourth-order valence-corrected chi connectivity index (χ4v) is 7.57. The molecule has 3 fully saturated rings. The van der Waals surface area contributed by atoms with Crippen LogP contribution in [-0.4, -0.2) is 0 Å². The molecule has 0 aromatic heterocycles. The number of allylic oxidation sites excluding steroid dienone is 1. The molecule has 0 radical (unpaired) electrons. The van der Waals surface area contributed by atoms with Crippen molar-refractivity contribution in [2.45, 2.75) is 116 Å². The van der Waals surface area contributed by atoms with E-state index in [1.807, 2.05) is 18.2 Å². The standard InChI is InChI=1S/C31H47F/c1-3-5-7-8-23-10-12-24(13-11-23)26-16-17-28-21-29(19-18-27(28)20-26)30-15-14-25(9-6-4-2)31(32)22-30/h4,14-15,22-24,26-29H,2-3,5-13,16-21H2,1H3. The summed E-state index contributed by atoms with van der Waals surface area (Å²) in [6.07, 6.45) is 23.6. The number of hydrogen-bond acceptors (Lipinski definition) is 0. The summed E-state index contributed by atoms with van der Waals surface area (Å²) in [4.78, 5) is 0. The SMILES string of the molecule is C=CCCc1ccc(C2CCC3CC(C4CCC(CCCCC)CC4)CCC3C2)cc1F. The molecule has 178 valence electrons. The Kier molecular flexibility index (Phi) is 8.90. The van der Waals surface area contributed by atoms with Crippen LogP contribution in [0.2, 0.25) is 0 Å². The Bertz CT molecular complexity index is 713. The van der Waals surface area contributed by atoms with E-state index in [2.05, 4.69) is 19.6 Å². The minimum absolute atomic E-state index is 0.000443. The van der Waals surface area contributed by atoms with Crippen LogP contribution >= 0.6 is 0 Å². The first-order valence-corrected chi connectivity index (χ1v) is 14.1. The van der Waals surface area contributed by atoms with Gasteiger partial charge in [0.1, 0.15) is 5.82 Å². The lowest BCUT2D eigenvalue weighted by Gasteiger charge is -2.45. The van der Waals surface area contributed by atoms with Crippen molar-refractivity contribution in [1.29, 1.82) is 0 Å². The van der Waals surface area contributed by atoms with E-state index in [9.17, 15) is 4.39 Å². The third kappa shape index (κ3) is 6.06. The van der Waals surface area contributed by atoms with E-state index in [4.69, 9.17) is 0 Å². The number of rotatable bonds is 9. The van der Waals surface area contributed by atoms with Gasteiger partial charge in [-0.3, -0.25) is 0 Å². The predicted octanol–water partition coefficient (Wildman–Crippen LogP) is 9.63. The number of aryl methyl sites for hydroxylation is 1. The Morgan fingerprint density at radius 1 is 0.875 bits per heavy atom. The van der Waals surface area contributed by atoms with Crippen LogP contribution in [0.4, 0.5) is 4.39 Å². The number of benzene rings is 1. The number of fused-ring (bicyclic) bond motifs is 1. The molecule has 0 spiro atoms. The zero-order valence-electron chi connectivity index (χ0n) is 20.7. The van der Waals surface area contributed by atoms with Gasteiger partial charge in [0.25, 0.3) is 0 Å². The van der Waals surface area contributed by atoms with Gasteiger partial charge in [0.15, 0.2) is 0 Å². The summed E-state index contributed by atoms with van der Waals surface area (Å²) in [7, 11) is 0. The number of unbranched alkanes of at least 4 members (excludes halogenated alkanes) is 2. The molecule has 3 aliphatic rings. The van der Waals surface area contributed by atoms with E-state index < -0.39 is 0 Å². The van der Waals surface area contributed by atoms with Crippen LogP contribution in [0.5, 0.6) is 0 Å². The van der Waals surface area contributed by atoms with Crippen molar-refractivity contribution in [3.8, 4) is 0 Å². The van der Waals surface area contributed by atoms with E-state index in [0.29, 0.717) is 5.92 Å². The van der Waals surface area contributed by atoms with Crippen LogP contribution in [-0.2, 0) is 6.42 Å². The lowest BCUT2D eigenvalue weighted by molar-refractivity contribution is 0.0710. The molecule has 3 aliphatic carbocycles. The second kappa shape index (κ2) is 11.8. The highest BCUT2D eigenvalue weighted by atomic mass is 19.1. The van der Waals surface area contributed by atoms with Crippen molar-refractivity contribution in [3.63, 3.8) is 0 Å². The smallest absolute Gasteiger partial charge is 0.126 e. The van der Waals surface area contributed by atoms with Gasteiger partial charge >= 0.3 is 0 Å². The minimum atomic E-state index is 0.000443. The molecule has 4 atom stereocenters. The van der Waals surface area contributed by atoms with Crippen LogP contribution in [0.15, 0.2) is 30.9 Å². The predicted molar refractivity (Wildman–Crippen MR) is 135 cm³/mol. The fraction of sp³-hybridized carbons (Fsp3) is 0.742. The molecule has 32 heavy (non-hydrogen) atoms. The lowest BCUT2D eigenvalue weighted by Crippen LogP contribution is -2.34. The largest absolute Gasteiger partial charge is 0.207 e. The van der Waals surface area contributed by atoms with Gasteiger partial charge < -0.3 is 0 Å². The molecule has 0 amide bonds. The van der Waals surface area contributed by atoms with Gasteiger partial charge in [-0.15, -0.1) is 6.58 Å². The lowest BCUT2D eigenvalue weighted by atomic mass is 9.60. The van der Waals surface area contributed by atoms with Crippen LogP contribution in [0.25, 0.3) is 0 Å². The molecule has 4 unspecified atom stereocenters. The van der Waals surface area contributed by atoms with E-state index >= 15 is 0 Å². The van der Waals surface area contributed by atoms with E-state index in [1.54, 1.807) is 0 Å². The van der Waals surface area contributed by atoms with Gasteiger partial charge in [0, 0.05) is 0 Å². The van der Waals surface area contributed by atoms with Crippen LogP contribution in [0.1, 0.15) is 120 Å². The summed E-state index contributed by atoms with van der Waals surface area (Å²) >= 11 is 0. The summed E-state index contributed by atoms with van der Waals surface area (Å²) in [5.41, 5.74) is 2.11. The molecular formula is C31H47F. The number of hydrogen-bond donors (Lipinski definition) is 0. The molecule has 1 heteroatoms. The van der Waals surface area contributed by atoms with Gasteiger partial charge in [-0.2, -0.15) is 0 Å². The maximum atomic E-state index is 14.6. The molecule has 1 aromatic rings. The normalized spacial score (nSPS) is 32.9. The Hall–Kier alpha value is -1.11. The third-order valence-electron chi connectivity index (χ3n) is 9.59. The molecule has 0 aliphatic heterocycles. The summed E-state index contributed by atoms with van der Waals surface area (Å²) < 4.78 is 14.6. The maximum absolute atomic E-state index is 14.6. The molecule has 0 heterocycles. The molecule has 0 nitrogen and oxygen atoms in total. The zero-order valence-corrected chi connectivity index (χ0v) is 20.7. The van der Waals surface area contributed by atoms with Crippen LogP contribution in [0, 0.1) is 35.4 Å². The van der Waals surface area contributed by atoms with Gasteiger partial charge in [-0.05, 0) is 117 Å². The van der Waals surface area contributed by atoms with Crippen molar-refractivity contribution in [3.05, 3.63) is 47.8 Å². The fourth-order valence-electron chi connectivity index (χ4n) is 7.57. The first-order chi connectivity index (χ1) is 15.7.